The average molecular weight is 286 g/mol. The normalized spacial score (nSPS) is 11.1. The molecule has 19 heavy (non-hydrogen) atoms. The zero-order chi connectivity index (χ0) is 14.0. The SMILES string of the molecule is CNNNNNNNNNNNNNNNNNN. The third kappa shape index (κ3) is 17.3. The maximum Gasteiger partial charge on any atom is -0.000111 e. The van der Waals surface area contributed by atoms with Gasteiger partial charge in [-0.1, -0.05) is 0 Å². The van der Waals surface area contributed by atoms with Crippen molar-refractivity contribution < 1.29 is 0 Å². The summed E-state index contributed by atoms with van der Waals surface area (Å²) in [6.07, 6.45) is 0. The molecule has 0 rings (SSSR count). The van der Waals surface area contributed by atoms with Gasteiger partial charge in [0.15, 0.2) is 0 Å². The molecule has 19 N–H and O–H groups in total. The molecule has 0 bridgehead atoms. The molecule has 0 unspecified atom stereocenters. The molecule has 0 saturated heterocycles. The summed E-state index contributed by atoms with van der Waals surface area (Å²) in [4.78, 5) is 0. The van der Waals surface area contributed by atoms with E-state index in [9.17, 15) is 0 Å². The number of nitrogens with two attached hydrogens (primary N) is 1. The maximum atomic E-state index is 4.89. The Bertz CT molecular complexity index is 129. The minimum atomic E-state index is 1.70. The van der Waals surface area contributed by atoms with E-state index in [4.69, 9.17) is 5.84 Å². The van der Waals surface area contributed by atoms with E-state index in [1.807, 2.05) is 0 Å². The summed E-state index contributed by atoms with van der Waals surface area (Å²) < 4.78 is 0. The predicted octanol–water partition coefficient (Wildman–Crippen LogP) is -8.85. The molecule has 0 radical (unpaired) electrons. The Morgan fingerprint density at radius 2 is 0.684 bits per heavy atom. The van der Waals surface area contributed by atoms with E-state index >= 15 is 0 Å². The van der Waals surface area contributed by atoms with Crippen molar-refractivity contribution in [2.75, 3.05) is 7.05 Å². The Balaban J connectivity index is 2.88. The third-order valence-corrected chi connectivity index (χ3v) is 1.07. The van der Waals surface area contributed by atoms with Gasteiger partial charge in [0, 0.05) is 0 Å². The fraction of sp³-hybridized carbons (Fsp3) is 1.00. The lowest BCUT2D eigenvalue weighted by atomic mass is 11.5. The molecule has 116 valence electrons. The topological polar surface area (TPSA) is 231 Å². The molecule has 0 aromatic carbocycles. The number of hydrogen-bond acceptors (Lipinski definition) is 18. The standard InChI is InChI=1S/CH22N18/c1-3-5-7-9-11-13-15-17-19-18-16-14-12-10-8-6-4-2/h3-19H,2H2,1H3. The zero-order valence-electron chi connectivity index (χ0n) is 10.1. The van der Waals surface area contributed by atoms with Crippen LogP contribution in [-0.2, 0) is 0 Å². The van der Waals surface area contributed by atoms with Crippen LogP contribution in [0.4, 0.5) is 0 Å². The smallest absolute Gasteiger partial charge is 0.000111 e. The second kappa shape index (κ2) is 17.3. The molecule has 0 aromatic rings. The van der Waals surface area contributed by atoms with Gasteiger partial charge in [-0.25, -0.2) is 5.43 Å². The van der Waals surface area contributed by atoms with Gasteiger partial charge in [0.1, 0.15) is 0 Å². The molecular formula is CH22N18. The number of hydrazine groups is 17. The average Bonchev–Trinajstić information content (AvgIpc) is 2.43. The largest absolute Gasteiger partial charge is 0.257 e. The van der Waals surface area contributed by atoms with Crippen molar-refractivity contribution in [3.05, 3.63) is 0 Å². The summed E-state index contributed by atoms with van der Waals surface area (Å²) in [6, 6.07) is 0. The van der Waals surface area contributed by atoms with Crippen LogP contribution in [0.1, 0.15) is 0 Å². The number of hydrogen-bond donors (Lipinski definition) is 18. The second-order valence-corrected chi connectivity index (χ2v) is 2.27. The molecule has 0 aliphatic carbocycles. The Morgan fingerprint density at radius 1 is 0.421 bits per heavy atom. The van der Waals surface area contributed by atoms with E-state index in [2.05, 4.69) is 94.0 Å². The van der Waals surface area contributed by atoms with Crippen LogP contribution in [0.25, 0.3) is 0 Å². The van der Waals surface area contributed by atoms with Gasteiger partial charge in [0.05, 0.1) is 0 Å². The van der Waals surface area contributed by atoms with Crippen LogP contribution < -0.4 is 99.8 Å². The van der Waals surface area contributed by atoms with E-state index in [-0.39, 0.29) is 0 Å². The lowest BCUT2D eigenvalue weighted by Crippen LogP contribution is -2.68. The Kier molecular flexibility index (Phi) is 16.6. The molecule has 0 spiro atoms. The van der Waals surface area contributed by atoms with Crippen molar-refractivity contribution in [1.29, 1.82) is 0 Å². The molecule has 18 nitrogen and oxygen atoms in total. The van der Waals surface area contributed by atoms with Crippen LogP contribution in [-0.4, -0.2) is 7.05 Å². The second-order valence-electron chi connectivity index (χ2n) is 2.27. The van der Waals surface area contributed by atoms with Crippen molar-refractivity contribution in [2.45, 2.75) is 0 Å². The molecule has 0 heterocycles. The lowest BCUT2D eigenvalue weighted by Gasteiger charge is -2.14. The van der Waals surface area contributed by atoms with Crippen LogP contribution in [0.3, 0.4) is 0 Å². The lowest BCUT2D eigenvalue weighted by molar-refractivity contribution is 0.200. The number of rotatable bonds is 16. The minimum Gasteiger partial charge on any atom is -0.257 e. The van der Waals surface area contributed by atoms with Crippen molar-refractivity contribution >= 4 is 0 Å². The first-order valence-electron chi connectivity index (χ1n) is 4.79. The third-order valence-electron chi connectivity index (χ3n) is 1.07. The molecule has 0 aromatic heterocycles. The molecule has 0 aliphatic heterocycles. The van der Waals surface area contributed by atoms with Gasteiger partial charge in [-0.15, -0.1) is 0 Å². The van der Waals surface area contributed by atoms with Gasteiger partial charge < -0.3 is 0 Å². The molecule has 18 heteroatoms. The van der Waals surface area contributed by atoms with Crippen molar-refractivity contribution in [2.24, 2.45) is 5.84 Å². The van der Waals surface area contributed by atoms with Crippen molar-refractivity contribution in [3.63, 3.8) is 0 Å². The molecule has 0 fully saturated rings. The summed E-state index contributed by atoms with van der Waals surface area (Å²) >= 11 is 0. The molecule has 0 saturated carbocycles. The summed E-state index contributed by atoms with van der Waals surface area (Å²) in [7, 11) is 1.70. The highest BCUT2D eigenvalue weighted by Crippen LogP contribution is 1.28. The molecule has 0 aliphatic rings. The fourth-order valence-electron chi connectivity index (χ4n) is 0.505. The quantitative estimate of drug-likeness (QED) is 0.0716. The maximum absolute atomic E-state index is 4.89. The molecule has 0 atom stereocenters. The first-order valence-corrected chi connectivity index (χ1v) is 4.79. The number of nitrogens with one attached hydrogen (secondary N) is 17. The van der Waals surface area contributed by atoms with Crippen LogP contribution >= 0.6 is 0 Å². The van der Waals surface area contributed by atoms with Gasteiger partial charge in [-0.05, 0) is 7.05 Å². The monoisotopic (exact) mass is 286 g/mol. The summed E-state index contributed by atoms with van der Waals surface area (Å²) in [5.41, 5.74) is 41.9. The highest BCUT2D eigenvalue weighted by Gasteiger charge is 1.82. The van der Waals surface area contributed by atoms with E-state index in [1.54, 1.807) is 7.05 Å². The van der Waals surface area contributed by atoms with Crippen molar-refractivity contribution in [1.82, 2.24) is 94.0 Å². The van der Waals surface area contributed by atoms with Gasteiger partial charge in [0.2, 0.25) is 0 Å². The van der Waals surface area contributed by atoms with Crippen molar-refractivity contribution in [3.8, 4) is 0 Å². The van der Waals surface area contributed by atoms with Crippen LogP contribution in [0.15, 0.2) is 0 Å². The first-order chi connectivity index (χ1) is 9.41. The predicted molar refractivity (Wildman–Crippen MR) is 63.4 cm³/mol. The van der Waals surface area contributed by atoms with E-state index < -0.39 is 0 Å². The van der Waals surface area contributed by atoms with E-state index in [1.165, 1.54) is 0 Å². The van der Waals surface area contributed by atoms with Gasteiger partial charge in [0.25, 0.3) is 0 Å². The first kappa shape index (κ1) is 18.3. The van der Waals surface area contributed by atoms with Crippen LogP contribution in [0.5, 0.6) is 0 Å². The summed E-state index contributed by atoms with van der Waals surface area (Å²) in [5.74, 6) is 4.89. The zero-order valence-corrected chi connectivity index (χ0v) is 10.1. The highest BCUT2D eigenvalue weighted by atomic mass is 16.0. The Labute approximate surface area is 108 Å². The summed E-state index contributed by atoms with van der Waals surface area (Å²) in [6.45, 7) is 0. The summed E-state index contributed by atoms with van der Waals surface area (Å²) in [5, 5.41) is 0. The molecular weight excluding hydrogens is 264 g/mol. The highest BCUT2D eigenvalue weighted by molar-refractivity contribution is 4.17. The van der Waals surface area contributed by atoms with E-state index in [0.717, 1.165) is 0 Å². The van der Waals surface area contributed by atoms with Gasteiger partial charge in [-0.3, -0.25) is 5.84 Å². The van der Waals surface area contributed by atoms with Gasteiger partial charge >= 0.3 is 0 Å². The Hall–Kier alpha value is -0.720. The van der Waals surface area contributed by atoms with Gasteiger partial charge in [-0.2, -0.15) is 88.6 Å². The van der Waals surface area contributed by atoms with E-state index in [0.29, 0.717) is 0 Å². The van der Waals surface area contributed by atoms with Crippen LogP contribution in [0.2, 0.25) is 0 Å². The van der Waals surface area contributed by atoms with Crippen LogP contribution in [0, 0.1) is 0 Å². The fourth-order valence-corrected chi connectivity index (χ4v) is 0.505. The molecule has 0 amide bonds. The minimum absolute atomic E-state index is 1.70. The Morgan fingerprint density at radius 3 is 0.947 bits per heavy atom.